The molecule has 2 aromatic carbocycles. The molecule has 0 atom stereocenters. The van der Waals surface area contributed by atoms with Gasteiger partial charge in [0, 0.05) is 17.7 Å². The molecule has 2 aromatic heterocycles. The largest absolute Gasteiger partial charge is 0.490 e. The fourth-order valence-electron chi connectivity index (χ4n) is 3.26. The van der Waals surface area contributed by atoms with Crippen molar-refractivity contribution in [3.8, 4) is 5.75 Å². The molecular weight excluding hydrogens is 396 g/mol. The van der Waals surface area contributed by atoms with Crippen LogP contribution in [0.5, 0.6) is 5.75 Å². The summed E-state index contributed by atoms with van der Waals surface area (Å²) in [6.07, 6.45) is 3.94. The summed E-state index contributed by atoms with van der Waals surface area (Å²) in [5, 5.41) is 0. The Morgan fingerprint density at radius 2 is 1.83 bits per heavy atom. The predicted octanol–water partition coefficient (Wildman–Crippen LogP) is 3.13. The average molecular weight is 417 g/mol. The second-order valence-electron chi connectivity index (χ2n) is 6.85. The van der Waals surface area contributed by atoms with Gasteiger partial charge in [-0.15, -0.1) is 0 Å². The number of hydrogen-bond acceptors (Lipinski definition) is 5. The molecule has 6 heteroatoms. The van der Waals surface area contributed by atoms with Crippen LogP contribution in [0.3, 0.4) is 0 Å². The number of rotatable bonds is 6. The van der Waals surface area contributed by atoms with Gasteiger partial charge in [0.2, 0.25) is 4.96 Å². The van der Waals surface area contributed by atoms with E-state index in [-0.39, 0.29) is 11.1 Å². The molecule has 0 saturated carbocycles. The van der Waals surface area contributed by atoms with E-state index in [9.17, 15) is 9.59 Å². The first-order chi connectivity index (χ1) is 14.6. The topological polar surface area (TPSA) is 60.7 Å². The highest BCUT2D eigenvalue weighted by molar-refractivity contribution is 7.15. The Kier molecular flexibility index (Phi) is 5.59. The van der Waals surface area contributed by atoms with Crippen molar-refractivity contribution in [2.75, 3.05) is 6.61 Å². The summed E-state index contributed by atoms with van der Waals surface area (Å²) in [5.41, 5.74) is 2.61. The van der Waals surface area contributed by atoms with Crippen LogP contribution in [0.4, 0.5) is 0 Å². The van der Waals surface area contributed by atoms with Crippen LogP contribution in [-0.4, -0.2) is 16.0 Å². The van der Waals surface area contributed by atoms with Gasteiger partial charge in [-0.2, -0.15) is 4.98 Å². The van der Waals surface area contributed by atoms with Gasteiger partial charge >= 0.3 is 0 Å². The lowest BCUT2D eigenvalue weighted by molar-refractivity contribution is 0.363. The van der Waals surface area contributed by atoms with Gasteiger partial charge in [-0.25, -0.2) is 0 Å². The van der Waals surface area contributed by atoms with Crippen molar-refractivity contribution in [2.45, 2.75) is 13.3 Å². The van der Waals surface area contributed by atoms with Gasteiger partial charge in [0.1, 0.15) is 12.4 Å². The molecule has 0 fully saturated rings. The van der Waals surface area contributed by atoms with Crippen LogP contribution < -0.4 is 20.4 Å². The number of aromatic nitrogens is 2. The highest BCUT2D eigenvalue weighted by Crippen LogP contribution is 2.14. The summed E-state index contributed by atoms with van der Waals surface area (Å²) in [7, 11) is 0. The van der Waals surface area contributed by atoms with Crippen molar-refractivity contribution in [2.24, 2.45) is 0 Å². The lowest BCUT2D eigenvalue weighted by Gasteiger charge is -2.06. The van der Waals surface area contributed by atoms with Crippen molar-refractivity contribution in [3.63, 3.8) is 0 Å². The van der Waals surface area contributed by atoms with Crippen LogP contribution in [0, 0.1) is 6.92 Å². The maximum Gasteiger partial charge on any atom is 0.277 e. The molecule has 0 unspecified atom stereocenters. The predicted molar refractivity (Wildman–Crippen MR) is 121 cm³/mol. The molecule has 0 spiro atoms. The van der Waals surface area contributed by atoms with E-state index in [1.54, 1.807) is 19.1 Å². The summed E-state index contributed by atoms with van der Waals surface area (Å²) >= 11 is 1.22. The molecular formula is C24H20N2O3S. The molecule has 0 aliphatic heterocycles. The maximum absolute atomic E-state index is 13.0. The van der Waals surface area contributed by atoms with Gasteiger partial charge in [0.15, 0.2) is 0 Å². The normalized spacial score (nSPS) is 11.7. The zero-order valence-electron chi connectivity index (χ0n) is 16.5. The van der Waals surface area contributed by atoms with E-state index in [0.29, 0.717) is 33.8 Å². The number of nitrogens with zero attached hydrogens (tertiary/aromatic N) is 2. The van der Waals surface area contributed by atoms with E-state index in [2.05, 4.69) is 11.6 Å². The van der Waals surface area contributed by atoms with Crippen LogP contribution >= 0.6 is 11.3 Å². The van der Waals surface area contributed by atoms with Gasteiger partial charge in [-0.1, -0.05) is 66.5 Å². The quantitative estimate of drug-likeness (QED) is 0.453. The molecule has 2 heterocycles. The van der Waals surface area contributed by atoms with Crippen molar-refractivity contribution in [1.29, 1.82) is 0 Å². The van der Waals surface area contributed by atoms with E-state index < -0.39 is 0 Å². The van der Waals surface area contributed by atoms with E-state index in [0.717, 1.165) is 16.9 Å². The maximum atomic E-state index is 13.0. The van der Waals surface area contributed by atoms with Crippen LogP contribution in [0.15, 0.2) is 76.8 Å². The first-order valence-corrected chi connectivity index (χ1v) is 10.3. The smallest absolute Gasteiger partial charge is 0.277 e. The summed E-state index contributed by atoms with van der Waals surface area (Å²) < 4.78 is 7.55. The molecule has 150 valence electrons. The molecule has 0 saturated heterocycles. The number of benzene rings is 2. The Balaban J connectivity index is 1.76. The molecule has 0 aliphatic carbocycles. The van der Waals surface area contributed by atoms with Crippen molar-refractivity contribution < 1.29 is 4.74 Å². The zero-order valence-corrected chi connectivity index (χ0v) is 17.3. The average Bonchev–Trinajstić information content (AvgIpc) is 3.06. The molecule has 4 rings (SSSR count). The van der Waals surface area contributed by atoms with Crippen LogP contribution in [0.2, 0.25) is 0 Å². The van der Waals surface area contributed by atoms with E-state index in [1.807, 2.05) is 54.6 Å². The molecule has 5 nitrogen and oxygen atoms in total. The monoisotopic (exact) mass is 416 g/mol. The minimum atomic E-state index is -0.284. The third-order valence-electron chi connectivity index (χ3n) is 4.80. The van der Waals surface area contributed by atoms with Gasteiger partial charge in [0.25, 0.3) is 11.1 Å². The van der Waals surface area contributed by atoms with E-state index in [4.69, 9.17) is 4.74 Å². The van der Waals surface area contributed by atoms with Crippen LogP contribution in [0.25, 0.3) is 11.0 Å². The highest BCUT2D eigenvalue weighted by Gasteiger charge is 2.14. The summed E-state index contributed by atoms with van der Waals surface area (Å²) in [4.78, 5) is 30.2. The van der Waals surface area contributed by atoms with Crippen LogP contribution in [0.1, 0.15) is 22.4 Å². The summed E-state index contributed by atoms with van der Waals surface area (Å²) in [6, 6.07) is 17.2. The minimum Gasteiger partial charge on any atom is -0.490 e. The Bertz CT molecular complexity index is 1370. The minimum absolute atomic E-state index is 0.165. The Morgan fingerprint density at radius 1 is 1.10 bits per heavy atom. The second kappa shape index (κ2) is 8.47. The van der Waals surface area contributed by atoms with Gasteiger partial charge in [-0.05, 0) is 36.3 Å². The Morgan fingerprint density at radius 3 is 2.53 bits per heavy atom. The Labute approximate surface area is 177 Å². The van der Waals surface area contributed by atoms with Crippen LogP contribution in [-0.2, 0) is 6.42 Å². The number of thiazole rings is 1. The standard InChI is InChI=1S/C24H20N2O3S/c1-3-13-29-19-11-9-18(10-12-19)15-21-23(28)26-16(2)20(22(27)25-24(26)30-21)14-17-7-5-4-6-8-17/h3-12,15H,1,13-14H2,2H3. The molecule has 30 heavy (non-hydrogen) atoms. The third-order valence-corrected chi connectivity index (χ3v) is 5.77. The van der Waals surface area contributed by atoms with Crippen molar-refractivity contribution in [1.82, 2.24) is 9.38 Å². The first kappa shape index (κ1) is 19.8. The zero-order chi connectivity index (χ0) is 21.1. The molecule has 0 aliphatic rings. The molecule has 0 N–H and O–H groups in total. The lowest BCUT2D eigenvalue weighted by atomic mass is 10.1. The van der Waals surface area contributed by atoms with Crippen molar-refractivity contribution >= 4 is 22.4 Å². The summed E-state index contributed by atoms with van der Waals surface area (Å²) in [5.74, 6) is 0.735. The SMILES string of the molecule is C=CCOc1ccc(C=c2sc3nc(=O)c(Cc4ccccc4)c(C)n3c2=O)cc1. The lowest BCUT2D eigenvalue weighted by Crippen LogP contribution is -2.27. The Hall–Kier alpha value is -3.51. The number of hydrogen-bond donors (Lipinski definition) is 0. The third kappa shape index (κ3) is 3.95. The molecule has 0 radical (unpaired) electrons. The molecule has 0 bridgehead atoms. The fraction of sp³-hybridized carbons (Fsp3) is 0.125. The fourth-order valence-corrected chi connectivity index (χ4v) is 4.27. The van der Waals surface area contributed by atoms with Crippen molar-refractivity contribution in [3.05, 3.63) is 115 Å². The highest BCUT2D eigenvalue weighted by atomic mass is 32.1. The van der Waals surface area contributed by atoms with Gasteiger partial charge in [-0.3, -0.25) is 14.0 Å². The number of ether oxygens (including phenoxy) is 1. The van der Waals surface area contributed by atoms with Gasteiger partial charge in [0.05, 0.1) is 4.53 Å². The number of fused-ring (bicyclic) bond motifs is 1. The van der Waals surface area contributed by atoms with E-state index in [1.165, 1.54) is 15.7 Å². The molecule has 0 amide bonds. The summed E-state index contributed by atoms with van der Waals surface area (Å²) in [6.45, 7) is 5.87. The van der Waals surface area contributed by atoms with Gasteiger partial charge < -0.3 is 4.74 Å². The van der Waals surface area contributed by atoms with E-state index >= 15 is 0 Å². The first-order valence-electron chi connectivity index (χ1n) is 9.51. The molecule has 4 aromatic rings. The second-order valence-corrected chi connectivity index (χ2v) is 7.85. The number of aryl methyl sites for hydroxylation is 1.